The molecule has 198 valence electrons. The monoisotopic (exact) mass is 538 g/mol. The molecule has 9 nitrogen and oxygen atoms in total. The Kier molecular flexibility index (Phi) is 8.29. The van der Waals surface area contributed by atoms with E-state index in [-0.39, 0.29) is 50.2 Å². The Labute approximate surface area is 225 Å². The third kappa shape index (κ3) is 5.20. The first-order valence-electron chi connectivity index (χ1n) is 12.0. The fraction of sp³-hybridized carbons (Fsp3) is 0.286. The smallest absolute Gasteiger partial charge is 0.336 e. The number of carbonyl (C=O) groups is 4. The van der Waals surface area contributed by atoms with E-state index in [9.17, 15) is 19.2 Å². The zero-order chi connectivity index (χ0) is 27.4. The molecule has 2 heterocycles. The molecule has 2 aromatic rings. The lowest BCUT2D eigenvalue weighted by molar-refractivity contribution is -0.138. The van der Waals surface area contributed by atoms with Gasteiger partial charge in [0.2, 0.25) is 0 Å². The number of esters is 2. The van der Waals surface area contributed by atoms with Crippen LogP contribution in [0.1, 0.15) is 41.0 Å². The fourth-order valence-electron chi connectivity index (χ4n) is 4.49. The summed E-state index contributed by atoms with van der Waals surface area (Å²) in [7, 11) is 1.28. The van der Waals surface area contributed by atoms with Crippen LogP contribution >= 0.6 is 11.6 Å². The quantitative estimate of drug-likeness (QED) is 0.267. The number of methoxy groups -OCH3 is 1. The molecule has 0 radical (unpaired) electrons. The van der Waals surface area contributed by atoms with E-state index in [4.69, 9.17) is 25.8 Å². The lowest BCUT2D eigenvalue weighted by Crippen LogP contribution is -2.35. The van der Waals surface area contributed by atoms with Crippen molar-refractivity contribution >= 4 is 41.0 Å². The van der Waals surface area contributed by atoms with Crippen LogP contribution < -0.4 is 4.90 Å². The number of halogens is 1. The lowest BCUT2D eigenvalue weighted by atomic mass is 9.95. The number of fused-ring (bicyclic) bond motifs is 1. The standard InChI is InChI=1S/C28H27ClN2O7/c1-4-38-28(35)23-15-22(27(34)36-3)17(2)31(19-11-9-18(29)10-12-19)24(23)16-37-14-13-30-25(32)20-7-5-6-8-21(20)26(30)33/h5-12H,4,13-16H2,1-3H3. The predicted molar refractivity (Wildman–Crippen MR) is 140 cm³/mol. The van der Waals surface area contributed by atoms with Gasteiger partial charge < -0.3 is 19.1 Å². The van der Waals surface area contributed by atoms with Crippen molar-refractivity contribution in [2.75, 3.05) is 38.4 Å². The van der Waals surface area contributed by atoms with Crippen molar-refractivity contribution < 1.29 is 33.4 Å². The number of anilines is 1. The summed E-state index contributed by atoms with van der Waals surface area (Å²) in [5.41, 5.74) is 2.95. The van der Waals surface area contributed by atoms with Crippen molar-refractivity contribution in [3.63, 3.8) is 0 Å². The van der Waals surface area contributed by atoms with Gasteiger partial charge in [-0.2, -0.15) is 0 Å². The Morgan fingerprint density at radius 2 is 1.58 bits per heavy atom. The first-order valence-corrected chi connectivity index (χ1v) is 12.4. The topological polar surface area (TPSA) is 102 Å². The second-order valence-corrected chi connectivity index (χ2v) is 8.99. The van der Waals surface area contributed by atoms with E-state index in [1.807, 2.05) is 0 Å². The first kappa shape index (κ1) is 27.1. The molecule has 4 rings (SSSR count). The van der Waals surface area contributed by atoms with E-state index in [2.05, 4.69) is 0 Å². The van der Waals surface area contributed by atoms with Gasteiger partial charge >= 0.3 is 11.9 Å². The molecule has 0 saturated carbocycles. The Hall–Kier alpha value is -3.95. The fourth-order valence-corrected chi connectivity index (χ4v) is 4.61. The highest BCUT2D eigenvalue weighted by molar-refractivity contribution is 6.30. The van der Waals surface area contributed by atoms with Gasteiger partial charge in [0.1, 0.15) is 0 Å². The van der Waals surface area contributed by atoms with Gasteiger partial charge in [0, 0.05) is 22.8 Å². The Bertz CT molecular complexity index is 1310. The van der Waals surface area contributed by atoms with Gasteiger partial charge in [0.25, 0.3) is 11.8 Å². The van der Waals surface area contributed by atoms with E-state index in [1.54, 1.807) is 67.3 Å². The molecule has 2 aliphatic heterocycles. The molecule has 10 heteroatoms. The molecular formula is C28H27ClN2O7. The summed E-state index contributed by atoms with van der Waals surface area (Å²) in [6.45, 7) is 3.61. The highest BCUT2D eigenvalue weighted by Gasteiger charge is 2.36. The van der Waals surface area contributed by atoms with Crippen LogP contribution in [-0.4, -0.2) is 62.1 Å². The minimum Gasteiger partial charge on any atom is -0.466 e. The SMILES string of the molecule is CCOC(=O)C1=C(COCCN2C(=O)c3ccccc3C2=O)N(c2ccc(Cl)cc2)C(C)=C(C(=O)OC)C1. The van der Waals surface area contributed by atoms with Crippen LogP contribution in [0.15, 0.2) is 71.1 Å². The van der Waals surface area contributed by atoms with Gasteiger partial charge in [-0.3, -0.25) is 14.5 Å². The number of hydrogen-bond acceptors (Lipinski definition) is 8. The third-order valence-corrected chi connectivity index (χ3v) is 6.61. The number of carbonyl (C=O) groups excluding carboxylic acids is 4. The molecule has 0 N–H and O–H groups in total. The molecule has 0 fully saturated rings. The molecule has 38 heavy (non-hydrogen) atoms. The zero-order valence-corrected chi connectivity index (χ0v) is 22.0. The molecule has 0 bridgehead atoms. The summed E-state index contributed by atoms with van der Waals surface area (Å²) in [4.78, 5) is 53.8. The van der Waals surface area contributed by atoms with E-state index in [0.29, 0.717) is 38.8 Å². The number of imide groups is 1. The van der Waals surface area contributed by atoms with Crippen molar-refractivity contribution in [3.05, 3.63) is 87.2 Å². The maximum Gasteiger partial charge on any atom is 0.336 e. The first-order chi connectivity index (χ1) is 18.3. The second-order valence-electron chi connectivity index (χ2n) is 8.55. The lowest BCUT2D eigenvalue weighted by Gasteiger charge is -2.35. The van der Waals surface area contributed by atoms with Crippen LogP contribution in [0.25, 0.3) is 0 Å². The largest absolute Gasteiger partial charge is 0.466 e. The normalized spacial score (nSPS) is 15.3. The number of benzene rings is 2. The average molecular weight is 539 g/mol. The number of rotatable bonds is 9. The maximum atomic E-state index is 13.0. The van der Waals surface area contributed by atoms with Gasteiger partial charge in [-0.05, 0) is 50.2 Å². The van der Waals surface area contributed by atoms with Gasteiger partial charge in [0.15, 0.2) is 0 Å². The van der Waals surface area contributed by atoms with Gasteiger partial charge in [-0.15, -0.1) is 0 Å². The molecule has 2 amide bonds. The molecule has 2 aromatic carbocycles. The molecule has 0 spiro atoms. The average Bonchev–Trinajstić information content (AvgIpc) is 3.16. The van der Waals surface area contributed by atoms with Crippen LogP contribution in [0.3, 0.4) is 0 Å². The molecule has 0 saturated heterocycles. The maximum absolute atomic E-state index is 13.0. The highest BCUT2D eigenvalue weighted by atomic mass is 35.5. The Balaban J connectivity index is 1.60. The van der Waals surface area contributed by atoms with Gasteiger partial charge in [0.05, 0.1) is 61.4 Å². The Morgan fingerprint density at radius 3 is 2.16 bits per heavy atom. The number of nitrogens with zero attached hydrogens (tertiary/aromatic N) is 2. The minimum atomic E-state index is -0.584. The van der Waals surface area contributed by atoms with Gasteiger partial charge in [-0.1, -0.05) is 23.7 Å². The van der Waals surface area contributed by atoms with Crippen LogP contribution in [0.5, 0.6) is 0 Å². The molecule has 2 aliphatic rings. The summed E-state index contributed by atoms with van der Waals surface area (Å²) < 4.78 is 16.2. The van der Waals surface area contributed by atoms with Crippen molar-refractivity contribution in [2.24, 2.45) is 0 Å². The molecule has 0 unspecified atom stereocenters. The third-order valence-electron chi connectivity index (χ3n) is 6.36. The number of ether oxygens (including phenoxy) is 3. The van der Waals surface area contributed by atoms with Crippen molar-refractivity contribution in [3.8, 4) is 0 Å². The summed E-state index contributed by atoms with van der Waals surface area (Å²) in [6, 6.07) is 13.6. The second kappa shape index (κ2) is 11.6. The van der Waals surface area contributed by atoms with Crippen LogP contribution in [0.4, 0.5) is 5.69 Å². The number of amides is 2. The van der Waals surface area contributed by atoms with E-state index < -0.39 is 11.9 Å². The molecule has 0 aliphatic carbocycles. The molecular weight excluding hydrogens is 512 g/mol. The predicted octanol–water partition coefficient (Wildman–Crippen LogP) is 4.13. The van der Waals surface area contributed by atoms with E-state index in [1.165, 1.54) is 7.11 Å². The summed E-state index contributed by atoms with van der Waals surface area (Å²) in [5, 5.41) is 0.522. The minimum absolute atomic E-state index is 0.00146. The number of hydrogen-bond donors (Lipinski definition) is 0. The van der Waals surface area contributed by atoms with Crippen LogP contribution in [0, 0.1) is 0 Å². The van der Waals surface area contributed by atoms with Crippen LogP contribution in [-0.2, 0) is 23.8 Å². The zero-order valence-electron chi connectivity index (χ0n) is 21.3. The van der Waals surface area contributed by atoms with E-state index >= 15 is 0 Å². The van der Waals surface area contributed by atoms with Gasteiger partial charge in [-0.25, -0.2) is 9.59 Å². The molecule has 0 aromatic heterocycles. The van der Waals surface area contributed by atoms with Crippen LogP contribution in [0.2, 0.25) is 5.02 Å². The van der Waals surface area contributed by atoms with Crippen molar-refractivity contribution in [1.82, 2.24) is 4.90 Å². The summed E-state index contributed by atoms with van der Waals surface area (Å²) in [6.07, 6.45) is -0.00146. The summed E-state index contributed by atoms with van der Waals surface area (Å²) in [5.74, 6) is -1.89. The van der Waals surface area contributed by atoms with Crippen molar-refractivity contribution in [2.45, 2.75) is 20.3 Å². The number of allylic oxidation sites excluding steroid dienone is 1. The van der Waals surface area contributed by atoms with Crippen molar-refractivity contribution in [1.29, 1.82) is 0 Å². The summed E-state index contributed by atoms with van der Waals surface area (Å²) >= 11 is 6.09. The Morgan fingerprint density at radius 1 is 0.947 bits per heavy atom. The highest BCUT2D eigenvalue weighted by Crippen LogP contribution is 2.36. The molecule has 0 atom stereocenters. The van der Waals surface area contributed by atoms with E-state index in [0.717, 1.165) is 4.90 Å².